The summed E-state index contributed by atoms with van der Waals surface area (Å²) in [5.41, 5.74) is 1.47. The molecule has 0 saturated carbocycles. The lowest BCUT2D eigenvalue weighted by atomic mass is 9.99. The summed E-state index contributed by atoms with van der Waals surface area (Å²) >= 11 is 0. The highest BCUT2D eigenvalue weighted by molar-refractivity contribution is 6.74. The Bertz CT molecular complexity index is 2130. The first-order valence-electron chi connectivity index (χ1n) is 25.2. The minimum atomic E-state index is -2.71. The molecule has 2 aromatic rings. The number of carbonyl (C=O) groups is 4. The molecular weight excluding hydrogens is 935 g/mol. The van der Waals surface area contributed by atoms with Crippen LogP contribution >= 0.6 is 0 Å². The summed E-state index contributed by atoms with van der Waals surface area (Å²) in [7, 11) is -3.80. The molecule has 7 atom stereocenters. The van der Waals surface area contributed by atoms with E-state index in [4.69, 9.17) is 23.1 Å². The van der Waals surface area contributed by atoms with Crippen molar-refractivity contribution in [3.63, 3.8) is 0 Å². The highest BCUT2D eigenvalue weighted by Gasteiger charge is 2.59. The molecule has 2 aliphatic heterocycles. The largest absolute Gasteiger partial charge is 0.497 e. The Morgan fingerprint density at radius 2 is 1.44 bits per heavy atom. The zero-order valence-electron chi connectivity index (χ0n) is 45.6. The Labute approximate surface area is 427 Å². The van der Waals surface area contributed by atoms with Gasteiger partial charge >= 0.3 is 12.0 Å². The molecule has 4 rings (SSSR count). The second-order valence-electron chi connectivity index (χ2n) is 23.4. The van der Waals surface area contributed by atoms with E-state index < -0.39 is 77.0 Å². The summed E-state index contributed by atoms with van der Waals surface area (Å²) in [6.45, 7) is 35.3. The van der Waals surface area contributed by atoms with Gasteiger partial charge in [-0.15, -0.1) is 0 Å². The monoisotopic (exact) mass is 1020 g/mol. The molecular formula is C54H87N5O10Si2. The fraction of sp³-hybridized carbons (Fsp3) is 0.630. The van der Waals surface area contributed by atoms with Gasteiger partial charge in [-0.2, -0.15) is 0 Å². The molecule has 0 radical (unpaired) electrons. The van der Waals surface area contributed by atoms with Gasteiger partial charge in [0.25, 0.3) is 0 Å². The molecule has 2 aromatic carbocycles. The number of hydrogen-bond donors (Lipinski definition) is 4. The second-order valence-corrected chi connectivity index (χ2v) is 33.0. The van der Waals surface area contributed by atoms with Gasteiger partial charge in [0.1, 0.15) is 47.9 Å². The number of ether oxygens (including phenoxy) is 3. The number of methoxy groups -OCH3 is 1. The number of aliphatic hydroxyl groups excluding tert-OH is 1. The number of allylic oxidation sites excluding steroid dienone is 1. The van der Waals surface area contributed by atoms with E-state index in [1.165, 1.54) is 4.90 Å². The van der Waals surface area contributed by atoms with E-state index in [2.05, 4.69) is 90.3 Å². The SMILES string of the molecule is C=C1C=CN([C@@H]2OC([C@H](O)[C@H](NCCCNC(=O)[C@H](CC(C)C)NC(=O)CCc3ccccc3)C(=O)OC(C)(C)C)[C@@H](O[Si](C)(C)C(C)(C)C)[C@H]2O[Si](C)(C)C(C)(C)C)C(=O)N1Cc1ccc(OC)cc1. The van der Waals surface area contributed by atoms with Gasteiger partial charge < -0.3 is 44.1 Å². The zero-order valence-corrected chi connectivity index (χ0v) is 47.6. The average molecular weight is 1020 g/mol. The van der Waals surface area contributed by atoms with E-state index in [-0.39, 0.29) is 53.9 Å². The topological polar surface area (TPSA) is 177 Å². The lowest BCUT2D eigenvalue weighted by Gasteiger charge is -2.45. The molecule has 0 bridgehead atoms. The van der Waals surface area contributed by atoms with Crippen molar-refractivity contribution in [1.82, 2.24) is 25.8 Å². The van der Waals surface area contributed by atoms with E-state index in [9.17, 15) is 24.3 Å². The minimum Gasteiger partial charge on any atom is -0.497 e. The van der Waals surface area contributed by atoms with Crippen molar-refractivity contribution in [2.75, 3.05) is 20.2 Å². The fourth-order valence-corrected chi connectivity index (χ4v) is 10.4. The number of esters is 1. The fourth-order valence-electron chi connectivity index (χ4n) is 7.77. The number of amides is 4. The first-order valence-corrected chi connectivity index (χ1v) is 31.0. The number of aryl methyl sites for hydroxylation is 1. The molecule has 71 heavy (non-hydrogen) atoms. The van der Waals surface area contributed by atoms with Crippen molar-refractivity contribution < 1.29 is 47.3 Å². The van der Waals surface area contributed by atoms with Crippen molar-refractivity contribution in [3.8, 4) is 5.75 Å². The van der Waals surface area contributed by atoms with Crippen LogP contribution in [0.4, 0.5) is 4.79 Å². The van der Waals surface area contributed by atoms with Crippen LogP contribution in [0.15, 0.2) is 79.1 Å². The minimum absolute atomic E-state index is 0.147. The van der Waals surface area contributed by atoms with E-state index in [0.717, 1.165) is 11.1 Å². The van der Waals surface area contributed by atoms with E-state index in [0.29, 0.717) is 30.7 Å². The molecule has 4 N–H and O–H groups in total. The van der Waals surface area contributed by atoms with E-state index >= 15 is 0 Å². The molecule has 0 spiro atoms. The lowest BCUT2D eigenvalue weighted by molar-refractivity contribution is -0.166. The Morgan fingerprint density at radius 1 is 0.845 bits per heavy atom. The van der Waals surface area contributed by atoms with Crippen LogP contribution in [0.25, 0.3) is 0 Å². The first-order chi connectivity index (χ1) is 32.9. The average Bonchev–Trinajstić information content (AvgIpc) is 3.59. The molecule has 0 aromatic heterocycles. The smallest absolute Gasteiger partial charge is 0.331 e. The van der Waals surface area contributed by atoms with Gasteiger partial charge in [-0.3, -0.25) is 24.2 Å². The maximum atomic E-state index is 14.8. The molecule has 2 aliphatic rings. The number of hydrogen-bond acceptors (Lipinski definition) is 11. The molecule has 17 heteroatoms. The molecule has 1 saturated heterocycles. The van der Waals surface area contributed by atoms with Gasteiger partial charge in [-0.05, 0) is 118 Å². The second kappa shape index (κ2) is 24.6. The number of nitrogens with one attached hydrogen (secondary N) is 3. The summed E-state index contributed by atoms with van der Waals surface area (Å²) < 4.78 is 32.9. The molecule has 1 unspecified atom stereocenters. The van der Waals surface area contributed by atoms with Gasteiger partial charge in [0.15, 0.2) is 22.9 Å². The molecule has 2 heterocycles. The summed E-state index contributed by atoms with van der Waals surface area (Å²) in [4.78, 5) is 58.7. The Morgan fingerprint density at radius 3 is 1.99 bits per heavy atom. The van der Waals surface area contributed by atoms with Crippen molar-refractivity contribution in [1.29, 1.82) is 0 Å². The van der Waals surface area contributed by atoms with Crippen LogP contribution in [-0.4, -0.2) is 124 Å². The molecule has 0 aliphatic carbocycles. The highest BCUT2D eigenvalue weighted by Crippen LogP contribution is 2.45. The highest BCUT2D eigenvalue weighted by atomic mass is 28.4. The summed E-state index contributed by atoms with van der Waals surface area (Å²) in [5, 5.41) is 21.4. The Kier molecular flexibility index (Phi) is 20.5. The summed E-state index contributed by atoms with van der Waals surface area (Å²) in [6.07, 6.45) is -0.680. The Balaban J connectivity index is 1.66. The van der Waals surface area contributed by atoms with Crippen LogP contribution in [0.1, 0.15) is 107 Å². The number of aliphatic hydroxyl groups is 1. The van der Waals surface area contributed by atoms with Crippen LogP contribution in [0.5, 0.6) is 5.75 Å². The third-order valence-electron chi connectivity index (χ3n) is 13.9. The predicted octanol–water partition coefficient (Wildman–Crippen LogP) is 8.80. The molecule has 4 amide bonds. The normalized spacial score (nSPS) is 20.5. The molecule has 15 nitrogen and oxygen atoms in total. The van der Waals surface area contributed by atoms with Gasteiger partial charge in [0.2, 0.25) is 11.8 Å². The van der Waals surface area contributed by atoms with Gasteiger partial charge in [-0.1, -0.05) is 104 Å². The van der Waals surface area contributed by atoms with Gasteiger partial charge in [-0.25, -0.2) is 4.79 Å². The predicted molar refractivity (Wildman–Crippen MR) is 284 cm³/mol. The quantitative estimate of drug-likeness (QED) is 0.0476. The molecule has 396 valence electrons. The number of benzene rings is 2. The van der Waals surface area contributed by atoms with Crippen LogP contribution < -0.4 is 20.7 Å². The number of carbonyl (C=O) groups excluding carboxylic acids is 4. The first kappa shape index (κ1) is 59.2. The number of rotatable bonds is 23. The third kappa shape index (κ3) is 16.6. The maximum absolute atomic E-state index is 14.8. The zero-order chi connectivity index (χ0) is 53.3. The van der Waals surface area contributed by atoms with Crippen molar-refractivity contribution in [2.45, 2.75) is 193 Å². The third-order valence-corrected chi connectivity index (χ3v) is 22.8. The van der Waals surface area contributed by atoms with E-state index in [1.54, 1.807) is 45.1 Å². The van der Waals surface area contributed by atoms with Crippen molar-refractivity contribution >= 4 is 40.4 Å². The summed E-state index contributed by atoms with van der Waals surface area (Å²) in [5.74, 6) is -0.373. The lowest BCUT2D eigenvalue weighted by Crippen LogP contribution is -2.60. The standard InChI is InChI=1S/C54H87N5O10Si2/c1-36(2)34-41(57-42(60)29-26-38-22-19-18-20-23-38)48(62)56-32-21-31-55-43(50(63)67-52(4,5)6)44(61)45-46(68-70(14,15)53(7,8)9)47(69-71(16,17)54(10,11)12)49(66-45)58-33-30-37(3)59(51(58)64)35-39-24-27-40(65-13)28-25-39/h18-20,22-25,27-28,30,33,36,41,43-47,49,55,61H,3,21,26,29,31-32,34-35H2,1-2,4-17H3,(H,56,62)(H,57,60)/t41-,43-,44+,45?,46+,47+,49+/m0/s1. The number of urea groups is 1. The molecule has 1 fully saturated rings. The van der Waals surface area contributed by atoms with E-state index in [1.807, 2.05) is 68.4 Å². The van der Waals surface area contributed by atoms with Crippen molar-refractivity contribution in [2.24, 2.45) is 5.92 Å². The Hall–Kier alpha value is -4.37. The summed E-state index contributed by atoms with van der Waals surface area (Å²) in [6, 6.07) is 14.7. The van der Waals surface area contributed by atoms with Crippen LogP contribution in [0.2, 0.25) is 36.3 Å². The van der Waals surface area contributed by atoms with Gasteiger partial charge in [0.05, 0.1) is 13.7 Å². The van der Waals surface area contributed by atoms with Crippen LogP contribution in [0.3, 0.4) is 0 Å². The van der Waals surface area contributed by atoms with Gasteiger partial charge in [0, 0.05) is 24.9 Å². The van der Waals surface area contributed by atoms with Crippen molar-refractivity contribution in [3.05, 3.63) is 90.3 Å². The number of nitrogens with zero attached hydrogens (tertiary/aromatic N) is 2. The van der Waals surface area contributed by atoms with Crippen LogP contribution in [0, 0.1) is 5.92 Å². The van der Waals surface area contributed by atoms with Crippen LogP contribution in [-0.2, 0) is 45.7 Å². The maximum Gasteiger partial charge on any atom is 0.331 e.